The summed E-state index contributed by atoms with van der Waals surface area (Å²) >= 11 is 7.23. The largest absolute Gasteiger partial charge is 0.469 e. The topological polar surface area (TPSA) is 84.4 Å². The van der Waals surface area contributed by atoms with Crippen LogP contribution >= 0.6 is 22.9 Å². The number of rotatable bonds is 5. The molecule has 0 aliphatic carbocycles. The molecule has 3 heterocycles. The summed E-state index contributed by atoms with van der Waals surface area (Å²) in [5, 5.41) is 6.19. The molecule has 1 amide bonds. The van der Waals surface area contributed by atoms with Gasteiger partial charge in [0.15, 0.2) is 5.13 Å². The van der Waals surface area contributed by atoms with Crippen LogP contribution in [0, 0.1) is 5.92 Å². The fourth-order valence-electron chi connectivity index (χ4n) is 2.80. The molecule has 1 aliphatic rings. The summed E-state index contributed by atoms with van der Waals surface area (Å²) in [6, 6.07) is 3.51. The number of nitrogens with zero attached hydrogens (tertiary/aromatic N) is 3. The fourth-order valence-corrected chi connectivity index (χ4v) is 3.63. The van der Waals surface area contributed by atoms with Gasteiger partial charge in [0, 0.05) is 24.7 Å². The van der Waals surface area contributed by atoms with Gasteiger partial charge in [-0.15, -0.1) is 11.3 Å². The van der Waals surface area contributed by atoms with Gasteiger partial charge in [-0.1, -0.05) is 11.6 Å². The molecule has 7 nitrogen and oxygen atoms in total. The van der Waals surface area contributed by atoms with Gasteiger partial charge in [0.2, 0.25) is 5.91 Å². The third kappa shape index (κ3) is 4.70. The molecule has 2 aromatic heterocycles. The van der Waals surface area contributed by atoms with E-state index in [1.165, 1.54) is 18.4 Å². The van der Waals surface area contributed by atoms with Crippen LogP contribution < -0.4 is 5.32 Å². The number of thiazole rings is 1. The number of likely N-dealkylation sites (tertiary alicyclic amines) is 1. The Morgan fingerprint density at radius 1 is 1.38 bits per heavy atom. The number of nitrogens with one attached hydrogen (secondary N) is 1. The predicted molar refractivity (Wildman–Crippen MR) is 99.7 cm³/mol. The van der Waals surface area contributed by atoms with Crippen molar-refractivity contribution in [2.75, 3.05) is 25.5 Å². The molecule has 0 unspecified atom stereocenters. The van der Waals surface area contributed by atoms with Gasteiger partial charge in [0.25, 0.3) is 0 Å². The normalized spacial score (nSPS) is 14.9. The Bertz CT molecular complexity index is 773. The maximum atomic E-state index is 12.4. The first-order valence-corrected chi connectivity index (χ1v) is 9.49. The van der Waals surface area contributed by atoms with Gasteiger partial charge >= 0.3 is 5.97 Å². The van der Waals surface area contributed by atoms with Crippen LogP contribution in [0.1, 0.15) is 18.5 Å². The van der Waals surface area contributed by atoms with Crippen molar-refractivity contribution < 1.29 is 14.3 Å². The highest BCUT2D eigenvalue weighted by atomic mass is 35.5. The highest BCUT2D eigenvalue weighted by Crippen LogP contribution is 2.22. The number of ether oxygens (including phenoxy) is 1. The van der Waals surface area contributed by atoms with Crippen molar-refractivity contribution in [1.29, 1.82) is 0 Å². The maximum Gasteiger partial charge on any atom is 0.308 e. The summed E-state index contributed by atoms with van der Waals surface area (Å²) in [5.41, 5.74) is 0.714. The Balaban J connectivity index is 1.52. The van der Waals surface area contributed by atoms with E-state index >= 15 is 0 Å². The number of esters is 1. The molecule has 1 aliphatic heterocycles. The number of carbonyl (C=O) groups is 2. The molecule has 0 radical (unpaired) electrons. The Kier molecular flexibility index (Phi) is 6.05. The minimum atomic E-state index is -0.192. The summed E-state index contributed by atoms with van der Waals surface area (Å²) in [5.74, 6) is 0.371. The first-order chi connectivity index (χ1) is 12.5. The average molecular weight is 395 g/mol. The number of hydrogen-bond donors (Lipinski definition) is 1. The molecule has 0 saturated carbocycles. The van der Waals surface area contributed by atoms with Crippen LogP contribution in [0.3, 0.4) is 0 Å². The number of hydrogen-bond acceptors (Lipinski definition) is 7. The molecular formula is C17H19ClN4O3S. The van der Waals surface area contributed by atoms with Crippen molar-refractivity contribution in [3.63, 3.8) is 0 Å². The van der Waals surface area contributed by atoms with Crippen molar-refractivity contribution >= 4 is 45.8 Å². The Labute approximate surface area is 160 Å². The molecule has 2 aromatic rings. The van der Waals surface area contributed by atoms with Crippen molar-refractivity contribution in [2.45, 2.75) is 19.3 Å². The van der Waals surface area contributed by atoms with Crippen LogP contribution in [0.5, 0.6) is 0 Å². The second kappa shape index (κ2) is 8.46. The Hall–Kier alpha value is -2.19. The molecule has 0 aromatic carbocycles. The van der Waals surface area contributed by atoms with Crippen molar-refractivity contribution in [3.8, 4) is 0 Å². The summed E-state index contributed by atoms with van der Waals surface area (Å²) in [4.78, 5) is 34.4. The molecule has 0 bridgehead atoms. The molecule has 26 heavy (non-hydrogen) atoms. The van der Waals surface area contributed by atoms with Gasteiger partial charge in [0.05, 0.1) is 30.2 Å². The van der Waals surface area contributed by atoms with Gasteiger partial charge in [0.1, 0.15) is 5.82 Å². The SMILES string of the molecule is COC(=O)C1CCN(C(=O)Cc2csc(Nc3ccc(Cl)cn3)n2)CC1. The van der Waals surface area contributed by atoms with Crippen LogP contribution in [0.4, 0.5) is 10.9 Å². The third-order valence-electron chi connectivity index (χ3n) is 4.23. The highest BCUT2D eigenvalue weighted by molar-refractivity contribution is 7.13. The average Bonchev–Trinajstić information content (AvgIpc) is 3.10. The lowest BCUT2D eigenvalue weighted by molar-refractivity contribution is -0.148. The first kappa shape index (κ1) is 18.6. The number of amides is 1. The van der Waals surface area contributed by atoms with E-state index in [0.29, 0.717) is 47.6 Å². The zero-order chi connectivity index (χ0) is 18.5. The second-order valence-corrected chi connectivity index (χ2v) is 7.28. The Morgan fingerprint density at radius 2 is 2.15 bits per heavy atom. The van der Waals surface area contributed by atoms with Gasteiger partial charge in [-0.3, -0.25) is 9.59 Å². The van der Waals surface area contributed by atoms with E-state index in [1.54, 1.807) is 23.2 Å². The molecule has 0 spiro atoms. The molecule has 1 N–H and O–H groups in total. The zero-order valence-electron chi connectivity index (χ0n) is 14.3. The first-order valence-electron chi connectivity index (χ1n) is 8.23. The van der Waals surface area contributed by atoms with Crippen LogP contribution in [0.25, 0.3) is 0 Å². The maximum absolute atomic E-state index is 12.4. The van der Waals surface area contributed by atoms with E-state index in [1.807, 2.05) is 5.38 Å². The van der Waals surface area contributed by atoms with Crippen LogP contribution in [-0.2, 0) is 20.7 Å². The molecule has 1 saturated heterocycles. The fraction of sp³-hybridized carbons (Fsp3) is 0.412. The monoisotopic (exact) mass is 394 g/mol. The lowest BCUT2D eigenvalue weighted by atomic mass is 9.97. The van der Waals surface area contributed by atoms with Crippen LogP contribution in [0.15, 0.2) is 23.7 Å². The van der Waals surface area contributed by atoms with Gasteiger partial charge in [-0.05, 0) is 25.0 Å². The number of pyridine rings is 1. The molecule has 1 fully saturated rings. The molecule has 3 rings (SSSR count). The number of halogens is 1. The lowest BCUT2D eigenvalue weighted by Crippen LogP contribution is -2.41. The van der Waals surface area contributed by atoms with Gasteiger partial charge < -0.3 is 15.0 Å². The van der Waals surface area contributed by atoms with Crippen molar-refractivity contribution in [3.05, 3.63) is 34.4 Å². The third-order valence-corrected chi connectivity index (χ3v) is 5.26. The second-order valence-electron chi connectivity index (χ2n) is 5.99. The standard InChI is InChI=1S/C17H19ClN4O3S/c1-25-16(24)11-4-6-22(7-5-11)15(23)8-13-10-26-17(20-13)21-14-3-2-12(18)9-19-14/h2-3,9-11H,4-8H2,1H3,(H,19,20,21). The van der Waals surface area contributed by atoms with Gasteiger partial charge in [-0.25, -0.2) is 9.97 Å². The number of methoxy groups -OCH3 is 1. The predicted octanol–water partition coefficient (Wildman–Crippen LogP) is 2.89. The van der Waals surface area contributed by atoms with Crippen molar-refractivity contribution in [2.24, 2.45) is 5.92 Å². The summed E-state index contributed by atoms with van der Waals surface area (Å²) in [6.45, 7) is 1.14. The van der Waals surface area contributed by atoms with E-state index in [9.17, 15) is 9.59 Å². The Morgan fingerprint density at radius 3 is 2.81 bits per heavy atom. The number of anilines is 2. The highest BCUT2D eigenvalue weighted by Gasteiger charge is 2.28. The molecular weight excluding hydrogens is 376 g/mol. The van der Waals surface area contributed by atoms with Crippen LogP contribution in [0.2, 0.25) is 5.02 Å². The smallest absolute Gasteiger partial charge is 0.308 e. The number of piperidine rings is 1. The quantitative estimate of drug-likeness (QED) is 0.785. The van der Waals surface area contributed by atoms with E-state index in [0.717, 1.165) is 0 Å². The van der Waals surface area contributed by atoms with Crippen molar-refractivity contribution in [1.82, 2.24) is 14.9 Å². The van der Waals surface area contributed by atoms with Crippen LogP contribution in [-0.4, -0.2) is 46.9 Å². The van der Waals surface area contributed by atoms with Gasteiger partial charge in [-0.2, -0.15) is 0 Å². The summed E-state index contributed by atoms with van der Waals surface area (Å²) < 4.78 is 4.77. The minimum Gasteiger partial charge on any atom is -0.469 e. The lowest BCUT2D eigenvalue weighted by Gasteiger charge is -2.30. The summed E-state index contributed by atoms with van der Waals surface area (Å²) in [7, 11) is 1.40. The summed E-state index contributed by atoms with van der Waals surface area (Å²) in [6.07, 6.45) is 3.09. The zero-order valence-corrected chi connectivity index (χ0v) is 15.8. The number of aromatic nitrogens is 2. The minimum absolute atomic E-state index is 0.0229. The van der Waals surface area contributed by atoms with E-state index in [2.05, 4.69) is 15.3 Å². The molecule has 138 valence electrons. The van der Waals surface area contributed by atoms with E-state index < -0.39 is 0 Å². The van der Waals surface area contributed by atoms with E-state index in [4.69, 9.17) is 16.3 Å². The van der Waals surface area contributed by atoms with E-state index in [-0.39, 0.29) is 24.2 Å². The molecule has 9 heteroatoms. The number of carbonyl (C=O) groups excluding carboxylic acids is 2. The molecule has 0 atom stereocenters.